The predicted octanol–water partition coefficient (Wildman–Crippen LogP) is 3.31. The lowest BCUT2D eigenvalue weighted by atomic mass is 9.79. The minimum Gasteiger partial charge on any atom is -0.465 e. The Morgan fingerprint density at radius 1 is 1.43 bits per heavy atom. The smallest absolute Gasteiger partial charge is 0.405 e. The van der Waals surface area contributed by atoms with Gasteiger partial charge in [0.2, 0.25) is 0 Å². The lowest BCUT2D eigenvalue weighted by Crippen LogP contribution is -2.40. The summed E-state index contributed by atoms with van der Waals surface area (Å²) in [6.45, 7) is 7.65. The molecule has 1 amide bonds. The van der Waals surface area contributed by atoms with Crippen molar-refractivity contribution >= 4 is 6.09 Å². The molecule has 5 heteroatoms. The number of aromatic amines is 1. The summed E-state index contributed by atoms with van der Waals surface area (Å²) >= 11 is 0. The summed E-state index contributed by atoms with van der Waals surface area (Å²) in [5, 5.41) is 11.5. The molecule has 1 unspecified atom stereocenters. The zero-order valence-corrected chi connectivity index (χ0v) is 13.1. The molecule has 0 spiro atoms. The average Bonchev–Trinajstić information content (AvgIpc) is 2.22. The molecule has 0 radical (unpaired) electrons. The van der Waals surface area contributed by atoms with E-state index in [-0.39, 0.29) is 11.0 Å². The monoisotopic (exact) mass is 292 g/mol. The van der Waals surface area contributed by atoms with Gasteiger partial charge in [-0.05, 0) is 42.7 Å². The summed E-state index contributed by atoms with van der Waals surface area (Å²) in [7, 11) is 0. The predicted molar refractivity (Wildman–Crippen MR) is 81.7 cm³/mol. The maximum absolute atomic E-state index is 12.5. The molecule has 1 aromatic heterocycles. The first-order valence-electron chi connectivity index (χ1n) is 7.43. The number of hydrogen-bond acceptors (Lipinski definition) is 2. The first-order valence-corrected chi connectivity index (χ1v) is 7.43. The van der Waals surface area contributed by atoms with Crippen LogP contribution in [0.15, 0.2) is 10.9 Å². The van der Waals surface area contributed by atoms with E-state index in [2.05, 4.69) is 10.3 Å². The zero-order valence-electron chi connectivity index (χ0n) is 13.1. The van der Waals surface area contributed by atoms with Crippen LogP contribution >= 0.6 is 0 Å². The number of amides is 1. The summed E-state index contributed by atoms with van der Waals surface area (Å²) < 4.78 is 0. The molecule has 1 atom stereocenters. The van der Waals surface area contributed by atoms with Crippen LogP contribution in [0.4, 0.5) is 4.79 Å². The molecule has 5 nitrogen and oxygen atoms in total. The van der Waals surface area contributed by atoms with E-state index in [1.165, 1.54) is 6.42 Å². The topological polar surface area (TPSA) is 82.2 Å². The van der Waals surface area contributed by atoms with Gasteiger partial charge in [0.05, 0.1) is 6.04 Å². The van der Waals surface area contributed by atoms with Crippen molar-refractivity contribution in [3.63, 3.8) is 0 Å². The van der Waals surface area contributed by atoms with Gasteiger partial charge < -0.3 is 15.4 Å². The molecule has 21 heavy (non-hydrogen) atoms. The first-order chi connectivity index (χ1) is 9.70. The third-order valence-corrected chi connectivity index (χ3v) is 4.27. The van der Waals surface area contributed by atoms with Gasteiger partial charge in [-0.1, -0.05) is 27.2 Å². The Balaban J connectivity index is 2.45. The molecule has 1 aliphatic rings. The third-order valence-electron chi connectivity index (χ3n) is 4.27. The van der Waals surface area contributed by atoms with Gasteiger partial charge in [0.1, 0.15) is 0 Å². The molecule has 3 N–H and O–H groups in total. The fourth-order valence-electron chi connectivity index (χ4n) is 2.87. The Kier molecular flexibility index (Phi) is 4.12. The molecule has 1 fully saturated rings. The second-order valence-corrected chi connectivity index (χ2v) is 7.03. The highest BCUT2D eigenvalue weighted by molar-refractivity contribution is 5.65. The number of rotatable bonds is 3. The van der Waals surface area contributed by atoms with Gasteiger partial charge in [-0.25, -0.2) is 4.79 Å². The van der Waals surface area contributed by atoms with Crippen LogP contribution in [0.5, 0.6) is 0 Å². The Bertz CT molecular complexity index is 595. The van der Waals surface area contributed by atoms with Crippen LogP contribution < -0.4 is 10.9 Å². The molecule has 0 bridgehead atoms. The Hall–Kier alpha value is -1.78. The number of pyridine rings is 1. The number of nitrogens with one attached hydrogen (secondary N) is 2. The summed E-state index contributed by atoms with van der Waals surface area (Å²) in [6.07, 6.45) is 2.32. The van der Waals surface area contributed by atoms with Crippen molar-refractivity contribution in [3.05, 3.63) is 33.2 Å². The maximum atomic E-state index is 12.5. The molecule has 1 aromatic rings. The van der Waals surface area contributed by atoms with E-state index in [0.29, 0.717) is 11.5 Å². The van der Waals surface area contributed by atoms with Crippen molar-refractivity contribution in [3.8, 4) is 0 Å². The molecule has 1 aliphatic carbocycles. The van der Waals surface area contributed by atoms with Crippen LogP contribution in [0.1, 0.15) is 68.8 Å². The van der Waals surface area contributed by atoms with Gasteiger partial charge in [0.25, 0.3) is 5.56 Å². The summed E-state index contributed by atoms with van der Waals surface area (Å²) in [5.41, 5.74) is 1.80. The van der Waals surface area contributed by atoms with E-state index < -0.39 is 12.1 Å². The van der Waals surface area contributed by atoms with Crippen LogP contribution in [0.25, 0.3) is 0 Å². The van der Waals surface area contributed by atoms with Gasteiger partial charge in [0, 0.05) is 11.3 Å². The lowest BCUT2D eigenvalue weighted by molar-refractivity contribution is 0.174. The number of H-pyrrole nitrogens is 1. The van der Waals surface area contributed by atoms with E-state index >= 15 is 0 Å². The number of aryl methyl sites for hydroxylation is 1. The highest BCUT2D eigenvalue weighted by atomic mass is 16.4. The average molecular weight is 292 g/mol. The second-order valence-electron chi connectivity index (χ2n) is 7.03. The Morgan fingerprint density at radius 2 is 2.05 bits per heavy atom. The molecule has 116 valence electrons. The molecule has 0 aliphatic heterocycles. The molecule has 0 aromatic carbocycles. The molecule has 1 saturated carbocycles. The number of hydrogen-bond donors (Lipinski definition) is 3. The maximum Gasteiger partial charge on any atom is 0.405 e. The quantitative estimate of drug-likeness (QED) is 0.799. The van der Waals surface area contributed by atoms with E-state index in [0.717, 1.165) is 24.1 Å². The largest absolute Gasteiger partial charge is 0.465 e. The highest BCUT2D eigenvalue weighted by Crippen LogP contribution is 2.37. The van der Waals surface area contributed by atoms with E-state index in [9.17, 15) is 9.59 Å². The van der Waals surface area contributed by atoms with Crippen LogP contribution in [-0.4, -0.2) is 16.2 Å². The Labute approximate surface area is 124 Å². The fraction of sp³-hybridized carbons (Fsp3) is 0.625. The van der Waals surface area contributed by atoms with E-state index in [1.807, 2.05) is 33.8 Å². The Morgan fingerprint density at radius 3 is 2.43 bits per heavy atom. The van der Waals surface area contributed by atoms with Crippen molar-refractivity contribution in [2.24, 2.45) is 5.41 Å². The number of aromatic nitrogens is 1. The summed E-state index contributed by atoms with van der Waals surface area (Å²) in [5.74, 6) is 0.450. The van der Waals surface area contributed by atoms with Gasteiger partial charge in [-0.2, -0.15) is 0 Å². The minimum atomic E-state index is -1.11. The standard InChI is InChI=1S/C16H24N2O3/c1-9-8-11(10-6-5-7-10)17-14(19)12(9)13(16(2,3)4)18-15(20)21/h8,10,13,18H,5-7H2,1-4H3,(H,17,19)(H,20,21). The van der Waals surface area contributed by atoms with Gasteiger partial charge >= 0.3 is 6.09 Å². The lowest BCUT2D eigenvalue weighted by Gasteiger charge is -2.32. The van der Waals surface area contributed by atoms with Crippen molar-refractivity contribution in [2.75, 3.05) is 0 Å². The highest BCUT2D eigenvalue weighted by Gasteiger charge is 2.32. The molecule has 2 rings (SSSR count). The van der Waals surface area contributed by atoms with Gasteiger partial charge in [-0.15, -0.1) is 0 Å². The first kappa shape index (κ1) is 15.6. The molecule has 1 heterocycles. The summed E-state index contributed by atoms with van der Waals surface area (Å²) in [4.78, 5) is 26.5. The molecular weight excluding hydrogens is 268 g/mol. The second kappa shape index (κ2) is 5.54. The van der Waals surface area contributed by atoms with E-state index in [1.54, 1.807) is 0 Å². The third kappa shape index (κ3) is 3.28. The van der Waals surface area contributed by atoms with Crippen molar-refractivity contribution in [1.82, 2.24) is 10.3 Å². The number of carboxylic acid groups (broad SMARTS) is 1. The van der Waals surface area contributed by atoms with Gasteiger partial charge in [0.15, 0.2) is 0 Å². The zero-order chi connectivity index (χ0) is 15.8. The van der Waals surface area contributed by atoms with Crippen molar-refractivity contribution in [1.29, 1.82) is 0 Å². The van der Waals surface area contributed by atoms with Crippen LogP contribution in [-0.2, 0) is 0 Å². The van der Waals surface area contributed by atoms with Crippen molar-refractivity contribution < 1.29 is 9.90 Å². The van der Waals surface area contributed by atoms with Crippen LogP contribution in [0.2, 0.25) is 0 Å². The van der Waals surface area contributed by atoms with Crippen LogP contribution in [0, 0.1) is 12.3 Å². The number of carbonyl (C=O) groups is 1. The molecule has 0 saturated heterocycles. The molecular formula is C16H24N2O3. The SMILES string of the molecule is Cc1cc(C2CCC2)[nH]c(=O)c1C(NC(=O)O)C(C)(C)C. The summed E-state index contributed by atoms with van der Waals surface area (Å²) in [6, 6.07) is 1.47. The van der Waals surface area contributed by atoms with E-state index in [4.69, 9.17) is 5.11 Å². The van der Waals surface area contributed by atoms with Gasteiger partial charge in [-0.3, -0.25) is 4.79 Å². The van der Waals surface area contributed by atoms with Crippen LogP contribution in [0.3, 0.4) is 0 Å². The normalized spacial score (nSPS) is 17.1. The van der Waals surface area contributed by atoms with Crippen molar-refractivity contribution in [2.45, 2.75) is 58.9 Å². The minimum absolute atomic E-state index is 0.175. The fourth-order valence-corrected chi connectivity index (χ4v) is 2.87.